The molecule has 0 saturated heterocycles. The van der Waals surface area contributed by atoms with Crippen LogP contribution in [0.5, 0.6) is 0 Å². The summed E-state index contributed by atoms with van der Waals surface area (Å²) in [6, 6.07) is 6.31. The van der Waals surface area contributed by atoms with Gasteiger partial charge in [0.2, 0.25) is 0 Å². The maximum Gasteiger partial charge on any atom is 0.0223 e. The first kappa shape index (κ1) is 10.3. The minimum absolute atomic E-state index is 0.208. The van der Waals surface area contributed by atoms with Crippen LogP contribution >= 0.6 is 31.9 Å². The van der Waals surface area contributed by atoms with E-state index in [2.05, 4.69) is 70.8 Å². The summed E-state index contributed by atoms with van der Waals surface area (Å²) in [5, 5.41) is 0. The van der Waals surface area contributed by atoms with Gasteiger partial charge >= 0.3 is 0 Å². The molecule has 0 aliphatic heterocycles. The standard InChI is InChI=1S/C10H12Br2/c1-10(2,3)8-5-4-7(11)6-9(8)12/h4-6H,1-3H3. The maximum absolute atomic E-state index is 3.55. The van der Waals surface area contributed by atoms with Crippen molar-refractivity contribution in [2.45, 2.75) is 26.2 Å². The molecule has 2 heteroatoms. The van der Waals surface area contributed by atoms with Gasteiger partial charge in [-0.15, -0.1) is 0 Å². The second kappa shape index (κ2) is 3.51. The van der Waals surface area contributed by atoms with Crippen LogP contribution in [0.4, 0.5) is 0 Å². The van der Waals surface area contributed by atoms with Crippen molar-refractivity contribution in [1.82, 2.24) is 0 Å². The minimum atomic E-state index is 0.208. The largest absolute Gasteiger partial charge is 0.0563 e. The van der Waals surface area contributed by atoms with E-state index in [1.165, 1.54) is 10.0 Å². The lowest BCUT2D eigenvalue weighted by Gasteiger charge is -2.20. The Balaban J connectivity index is 3.19. The van der Waals surface area contributed by atoms with E-state index in [9.17, 15) is 0 Å². The monoisotopic (exact) mass is 290 g/mol. The topological polar surface area (TPSA) is 0 Å². The first-order valence-corrected chi connectivity index (χ1v) is 5.45. The molecule has 0 aliphatic carbocycles. The summed E-state index contributed by atoms with van der Waals surface area (Å²) < 4.78 is 2.28. The van der Waals surface area contributed by atoms with E-state index in [1.807, 2.05) is 0 Å². The van der Waals surface area contributed by atoms with Gasteiger partial charge in [0.15, 0.2) is 0 Å². The number of hydrogen-bond donors (Lipinski definition) is 0. The Morgan fingerprint density at radius 1 is 1.08 bits per heavy atom. The highest BCUT2D eigenvalue weighted by molar-refractivity contribution is 9.11. The molecule has 0 radical (unpaired) electrons. The molecule has 1 aromatic carbocycles. The Morgan fingerprint density at radius 2 is 1.67 bits per heavy atom. The SMILES string of the molecule is CC(C)(C)c1ccc(Br)cc1Br. The lowest BCUT2D eigenvalue weighted by Crippen LogP contribution is -2.11. The fourth-order valence-electron chi connectivity index (χ4n) is 1.10. The van der Waals surface area contributed by atoms with Crippen LogP contribution in [-0.4, -0.2) is 0 Å². The molecule has 0 bridgehead atoms. The predicted molar refractivity (Wildman–Crippen MR) is 60.5 cm³/mol. The summed E-state index contributed by atoms with van der Waals surface area (Å²) in [6.07, 6.45) is 0. The van der Waals surface area contributed by atoms with Gasteiger partial charge in [0.25, 0.3) is 0 Å². The van der Waals surface area contributed by atoms with Gasteiger partial charge < -0.3 is 0 Å². The summed E-state index contributed by atoms with van der Waals surface area (Å²) >= 11 is 6.99. The van der Waals surface area contributed by atoms with Gasteiger partial charge in [-0.1, -0.05) is 58.7 Å². The van der Waals surface area contributed by atoms with Crippen LogP contribution in [0.25, 0.3) is 0 Å². The highest BCUT2D eigenvalue weighted by Gasteiger charge is 2.16. The molecule has 0 spiro atoms. The zero-order chi connectivity index (χ0) is 9.35. The highest BCUT2D eigenvalue weighted by atomic mass is 79.9. The van der Waals surface area contributed by atoms with Crippen LogP contribution in [0.3, 0.4) is 0 Å². The van der Waals surface area contributed by atoms with Crippen LogP contribution < -0.4 is 0 Å². The molecule has 0 aromatic heterocycles. The molecule has 0 heterocycles. The van der Waals surface area contributed by atoms with Gasteiger partial charge in [-0.05, 0) is 23.1 Å². The summed E-state index contributed by atoms with van der Waals surface area (Å²) in [5.74, 6) is 0. The highest BCUT2D eigenvalue weighted by Crippen LogP contribution is 2.31. The van der Waals surface area contributed by atoms with Crippen molar-refractivity contribution in [3.63, 3.8) is 0 Å². The van der Waals surface area contributed by atoms with Crippen LogP contribution in [0, 0.1) is 0 Å². The molecule has 0 N–H and O–H groups in total. The Hall–Kier alpha value is 0.180. The van der Waals surface area contributed by atoms with Gasteiger partial charge in [0.1, 0.15) is 0 Å². The van der Waals surface area contributed by atoms with Gasteiger partial charge in [-0.3, -0.25) is 0 Å². The summed E-state index contributed by atoms with van der Waals surface area (Å²) in [7, 11) is 0. The lowest BCUT2D eigenvalue weighted by atomic mass is 9.87. The Kier molecular flexibility index (Phi) is 3.00. The third kappa shape index (κ3) is 2.33. The summed E-state index contributed by atoms with van der Waals surface area (Å²) in [4.78, 5) is 0. The molecule has 12 heavy (non-hydrogen) atoms. The van der Waals surface area contributed by atoms with E-state index in [0.717, 1.165) is 4.47 Å². The van der Waals surface area contributed by atoms with Crippen molar-refractivity contribution in [2.24, 2.45) is 0 Å². The molecule has 1 rings (SSSR count). The van der Waals surface area contributed by atoms with E-state index in [4.69, 9.17) is 0 Å². The first-order valence-electron chi connectivity index (χ1n) is 3.87. The second-order valence-electron chi connectivity index (χ2n) is 3.87. The van der Waals surface area contributed by atoms with E-state index in [1.54, 1.807) is 0 Å². The molecular weight excluding hydrogens is 280 g/mol. The average Bonchev–Trinajstić information content (AvgIpc) is 1.83. The number of benzene rings is 1. The lowest BCUT2D eigenvalue weighted by molar-refractivity contribution is 0.587. The summed E-state index contributed by atoms with van der Waals surface area (Å²) in [5.41, 5.74) is 1.55. The molecule has 0 unspecified atom stereocenters. The van der Waals surface area contributed by atoms with Crippen LogP contribution in [0.15, 0.2) is 27.1 Å². The Morgan fingerprint density at radius 3 is 2.08 bits per heavy atom. The zero-order valence-electron chi connectivity index (χ0n) is 7.49. The molecule has 0 nitrogen and oxygen atoms in total. The van der Waals surface area contributed by atoms with Gasteiger partial charge in [0.05, 0.1) is 0 Å². The molecule has 0 aliphatic rings. The van der Waals surface area contributed by atoms with Crippen molar-refractivity contribution < 1.29 is 0 Å². The normalized spacial score (nSPS) is 11.8. The molecule has 0 fully saturated rings. The predicted octanol–water partition coefficient (Wildman–Crippen LogP) is 4.51. The van der Waals surface area contributed by atoms with Crippen molar-refractivity contribution in [1.29, 1.82) is 0 Å². The van der Waals surface area contributed by atoms with Crippen molar-refractivity contribution >= 4 is 31.9 Å². The molecule has 0 saturated carbocycles. The van der Waals surface area contributed by atoms with Gasteiger partial charge in [-0.25, -0.2) is 0 Å². The van der Waals surface area contributed by atoms with E-state index in [0.29, 0.717) is 0 Å². The Bertz CT molecular complexity index is 284. The molecule has 0 amide bonds. The van der Waals surface area contributed by atoms with Crippen molar-refractivity contribution in [3.8, 4) is 0 Å². The Labute approximate surface area is 90.6 Å². The second-order valence-corrected chi connectivity index (χ2v) is 5.64. The fourth-order valence-corrected chi connectivity index (χ4v) is 2.74. The third-order valence-electron chi connectivity index (χ3n) is 1.74. The maximum atomic E-state index is 3.55. The van der Waals surface area contributed by atoms with Gasteiger partial charge in [0, 0.05) is 8.95 Å². The quantitative estimate of drug-likeness (QED) is 0.660. The third-order valence-corrected chi connectivity index (χ3v) is 2.89. The minimum Gasteiger partial charge on any atom is -0.0563 e. The van der Waals surface area contributed by atoms with Gasteiger partial charge in [-0.2, -0.15) is 0 Å². The average molecular weight is 292 g/mol. The van der Waals surface area contributed by atoms with E-state index >= 15 is 0 Å². The van der Waals surface area contributed by atoms with Crippen molar-refractivity contribution in [2.75, 3.05) is 0 Å². The van der Waals surface area contributed by atoms with E-state index < -0.39 is 0 Å². The number of halogens is 2. The van der Waals surface area contributed by atoms with Crippen LogP contribution in [0.2, 0.25) is 0 Å². The van der Waals surface area contributed by atoms with Crippen molar-refractivity contribution in [3.05, 3.63) is 32.7 Å². The van der Waals surface area contributed by atoms with Crippen LogP contribution in [0.1, 0.15) is 26.3 Å². The fraction of sp³-hybridized carbons (Fsp3) is 0.400. The molecular formula is C10H12Br2. The molecule has 0 atom stereocenters. The number of hydrogen-bond acceptors (Lipinski definition) is 0. The summed E-state index contributed by atoms with van der Waals surface area (Å²) in [6.45, 7) is 6.63. The van der Waals surface area contributed by atoms with E-state index in [-0.39, 0.29) is 5.41 Å². The zero-order valence-corrected chi connectivity index (χ0v) is 10.7. The molecule has 66 valence electrons. The first-order chi connectivity index (χ1) is 5.41. The smallest absolute Gasteiger partial charge is 0.0223 e. The van der Waals surface area contributed by atoms with Crippen LogP contribution in [-0.2, 0) is 5.41 Å². The molecule has 1 aromatic rings. The number of rotatable bonds is 0.